The maximum Gasteiger partial charge on any atom is 0.224 e. The van der Waals surface area contributed by atoms with E-state index in [4.69, 9.17) is 17.3 Å². The zero-order valence-corrected chi connectivity index (χ0v) is 14.1. The van der Waals surface area contributed by atoms with Crippen LogP contribution in [0.1, 0.15) is 39.0 Å². The fourth-order valence-electron chi connectivity index (χ4n) is 2.22. The number of halogens is 2. The van der Waals surface area contributed by atoms with Gasteiger partial charge in [0, 0.05) is 15.9 Å². The van der Waals surface area contributed by atoms with Gasteiger partial charge in [0.05, 0.1) is 5.69 Å². The van der Waals surface area contributed by atoms with Crippen LogP contribution < -0.4 is 11.1 Å². The number of benzene rings is 1. The summed E-state index contributed by atoms with van der Waals surface area (Å²) in [6.45, 7) is 2.85. The molecule has 0 fully saturated rings. The summed E-state index contributed by atoms with van der Waals surface area (Å²) in [7, 11) is 0. The third kappa shape index (κ3) is 6.25. The fourth-order valence-corrected chi connectivity index (χ4v) is 2.74. The molecule has 20 heavy (non-hydrogen) atoms. The smallest absolute Gasteiger partial charge is 0.224 e. The molecule has 5 heteroatoms. The lowest BCUT2D eigenvalue weighted by molar-refractivity contribution is -0.116. The highest BCUT2D eigenvalue weighted by molar-refractivity contribution is 9.10. The minimum atomic E-state index is 0.0195. The lowest BCUT2D eigenvalue weighted by Gasteiger charge is -2.15. The van der Waals surface area contributed by atoms with Crippen molar-refractivity contribution >= 4 is 39.1 Å². The predicted octanol–water partition coefficient (Wildman–Crippen LogP) is 4.59. The molecule has 1 aromatic rings. The maximum atomic E-state index is 12.0. The molecular weight excluding hydrogens is 340 g/mol. The predicted molar refractivity (Wildman–Crippen MR) is 89.1 cm³/mol. The molecule has 1 atom stereocenters. The van der Waals surface area contributed by atoms with Crippen molar-refractivity contribution in [2.24, 2.45) is 11.7 Å². The summed E-state index contributed by atoms with van der Waals surface area (Å²) in [5, 5.41) is 3.50. The van der Waals surface area contributed by atoms with E-state index < -0.39 is 0 Å². The number of carbonyl (C=O) groups excluding carboxylic acids is 1. The highest BCUT2D eigenvalue weighted by Gasteiger charge is 2.11. The van der Waals surface area contributed by atoms with Gasteiger partial charge in [0.2, 0.25) is 5.91 Å². The number of nitrogens with one attached hydrogen (secondary N) is 1. The minimum absolute atomic E-state index is 0.0195. The largest absolute Gasteiger partial charge is 0.330 e. The van der Waals surface area contributed by atoms with Crippen LogP contribution in [0.3, 0.4) is 0 Å². The number of anilines is 1. The van der Waals surface area contributed by atoms with Gasteiger partial charge in [-0.1, -0.05) is 31.4 Å². The van der Waals surface area contributed by atoms with E-state index in [0.717, 1.165) is 30.2 Å². The summed E-state index contributed by atoms with van der Waals surface area (Å²) in [6, 6.07) is 5.35. The lowest BCUT2D eigenvalue weighted by Crippen LogP contribution is -2.15. The Labute approximate surface area is 134 Å². The first-order chi connectivity index (χ1) is 9.56. The molecule has 0 radical (unpaired) electrons. The first-order valence-corrected chi connectivity index (χ1v) is 8.18. The molecule has 0 saturated carbocycles. The first kappa shape index (κ1) is 17.5. The molecule has 1 aromatic carbocycles. The second kappa shape index (κ2) is 9.37. The van der Waals surface area contributed by atoms with Crippen LogP contribution in [0.15, 0.2) is 22.7 Å². The van der Waals surface area contributed by atoms with Crippen molar-refractivity contribution in [3.8, 4) is 0 Å². The Hall–Kier alpha value is -0.580. The number of rotatable bonds is 8. The molecule has 0 saturated heterocycles. The van der Waals surface area contributed by atoms with Gasteiger partial charge >= 0.3 is 0 Å². The quantitative estimate of drug-likeness (QED) is 0.711. The Morgan fingerprint density at radius 2 is 2.15 bits per heavy atom. The minimum Gasteiger partial charge on any atom is -0.330 e. The summed E-state index contributed by atoms with van der Waals surface area (Å²) in [6.07, 6.45) is 4.65. The molecule has 112 valence electrons. The van der Waals surface area contributed by atoms with Gasteiger partial charge in [0.25, 0.3) is 0 Å². The van der Waals surface area contributed by atoms with Crippen LogP contribution in [0.25, 0.3) is 0 Å². The van der Waals surface area contributed by atoms with Gasteiger partial charge in [-0.2, -0.15) is 0 Å². The van der Waals surface area contributed by atoms with E-state index in [1.165, 1.54) is 0 Å². The van der Waals surface area contributed by atoms with Gasteiger partial charge in [-0.15, -0.1) is 0 Å². The van der Waals surface area contributed by atoms with Gasteiger partial charge in [-0.25, -0.2) is 0 Å². The zero-order chi connectivity index (χ0) is 15.0. The summed E-state index contributed by atoms with van der Waals surface area (Å²) in [4.78, 5) is 12.0. The van der Waals surface area contributed by atoms with Crippen molar-refractivity contribution in [3.63, 3.8) is 0 Å². The van der Waals surface area contributed by atoms with Crippen LogP contribution in [-0.4, -0.2) is 12.5 Å². The third-order valence-corrected chi connectivity index (χ3v) is 4.18. The first-order valence-electron chi connectivity index (χ1n) is 7.01. The Kier molecular flexibility index (Phi) is 8.19. The second-order valence-corrected chi connectivity index (χ2v) is 6.23. The number of nitrogens with two attached hydrogens (primary N) is 1. The van der Waals surface area contributed by atoms with Crippen LogP contribution in [0.4, 0.5) is 5.69 Å². The van der Waals surface area contributed by atoms with Crippen LogP contribution in [0, 0.1) is 5.92 Å². The van der Waals surface area contributed by atoms with E-state index >= 15 is 0 Å². The van der Waals surface area contributed by atoms with E-state index in [1.54, 1.807) is 12.1 Å². The van der Waals surface area contributed by atoms with Crippen molar-refractivity contribution in [2.75, 3.05) is 11.9 Å². The summed E-state index contributed by atoms with van der Waals surface area (Å²) < 4.78 is 0.835. The molecule has 0 aliphatic heterocycles. The lowest BCUT2D eigenvalue weighted by atomic mass is 9.94. The number of hydrogen-bond acceptors (Lipinski definition) is 2. The standard InChI is InChI=1S/C15H22BrClN2O/c1-2-3-11(8-9-18)4-7-15(20)19-14-10-12(17)5-6-13(14)16/h5-6,10-11H,2-4,7-9,18H2,1H3,(H,19,20). The van der Waals surface area contributed by atoms with E-state index in [-0.39, 0.29) is 5.91 Å². The van der Waals surface area contributed by atoms with Gasteiger partial charge in [-0.3, -0.25) is 4.79 Å². The molecule has 0 aromatic heterocycles. The number of carbonyl (C=O) groups is 1. The van der Waals surface area contributed by atoms with Gasteiger partial charge in [0.1, 0.15) is 0 Å². The van der Waals surface area contributed by atoms with E-state index in [9.17, 15) is 4.79 Å². The van der Waals surface area contributed by atoms with Crippen LogP contribution in [0.2, 0.25) is 5.02 Å². The Morgan fingerprint density at radius 3 is 2.80 bits per heavy atom. The van der Waals surface area contributed by atoms with Crippen molar-refractivity contribution in [3.05, 3.63) is 27.7 Å². The third-order valence-electron chi connectivity index (χ3n) is 3.25. The Morgan fingerprint density at radius 1 is 1.40 bits per heavy atom. The molecule has 0 bridgehead atoms. The Balaban J connectivity index is 2.48. The number of hydrogen-bond donors (Lipinski definition) is 2. The summed E-state index contributed by atoms with van der Waals surface area (Å²) >= 11 is 9.32. The molecule has 3 nitrogen and oxygen atoms in total. The monoisotopic (exact) mass is 360 g/mol. The highest BCUT2D eigenvalue weighted by atomic mass is 79.9. The zero-order valence-electron chi connectivity index (χ0n) is 11.8. The molecule has 1 unspecified atom stereocenters. The average molecular weight is 362 g/mol. The highest BCUT2D eigenvalue weighted by Crippen LogP contribution is 2.26. The van der Waals surface area contributed by atoms with Crippen LogP contribution >= 0.6 is 27.5 Å². The van der Waals surface area contributed by atoms with E-state index in [0.29, 0.717) is 29.6 Å². The topological polar surface area (TPSA) is 55.1 Å². The number of amides is 1. The van der Waals surface area contributed by atoms with Crippen LogP contribution in [-0.2, 0) is 4.79 Å². The van der Waals surface area contributed by atoms with Crippen molar-refractivity contribution in [2.45, 2.75) is 39.0 Å². The normalized spacial score (nSPS) is 12.2. The average Bonchev–Trinajstić information content (AvgIpc) is 2.41. The molecule has 3 N–H and O–H groups in total. The van der Waals surface area contributed by atoms with Crippen molar-refractivity contribution in [1.82, 2.24) is 0 Å². The molecule has 0 heterocycles. The molecule has 1 rings (SSSR count). The Bertz CT molecular complexity index is 434. The molecule has 0 spiro atoms. The van der Waals surface area contributed by atoms with E-state index in [1.807, 2.05) is 6.07 Å². The molecule has 0 aliphatic carbocycles. The van der Waals surface area contributed by atoms with Crippen molar-refractivity contribution in [1.29, 1.82) is 0 Å². The second-order valence-electron chi connectivity index (χ2n) is 4.94. The maximum absolute atomic E-state index is 12.0. The molecule has 1 amide bonds. The van der Waals surface area contributed by atoms with Crippen molar-refractivity contribution < 1.29 is 4.79 Å². The molecular formula is C15H22BrClN2O. The SMILES string of the molecule is CCCC(CCN)CCC(=O)Nc1cc(Cl)ccc1Br. The van der Waals surface area contributed by atoms with Gasteiger partial charge in [0.15, 0.2) is 0 Å². The summed E-state index contributed by atoms with van der Waals surface area (Å²) in [5.74, 6) is 0.560. The van der Waals surface area contributed by atoms with Gasteiger partial charge < -0.3 is 11.1 Å². The fraction of sp³-hybridized carbons (Fsp3) is 0.533. The van der Waals surface area contributed by atoms with Gasteiger partial charge in [-0.05, 0) is 59.4 Å². The van der Waals surface area contributed by atoms with Crippen LogP contribution in [0.5, 0.6) is 0 Å². The summed E-state index contributed by atoms with van der Waals surface area (Å²) in [5.41, 5.74) is 6.32. The van der Waals surface area contributed by atoms with E-state index in [2.05, 4.69) is 28.2 Å². The molecule has 0 aliphatic rings.